The molecule has 0 aliphatic rings. The highest BCUT2D eigenvalue weighted by molar-refractivity contribution is 5.75. The zero-order chi connectivity index (χ0) is 28.4. The third kappa shape index (κ3) is 8.12. The van der Waals surface area contributed by atoms with Gasteiger partial charge in [0.15, 0.2) is 11.5 Å². The molecule has 0 bridgehead atoms. The SMILES string of the molecule is CCC(C)Oc1c(OC)cc(C=Cc2ccc(C=Cc3cc(CO)c(OC(C)C)c(CO)c3)cc2)cc1OC. The highest BCUT2D eigenvalue weighted by Crippen LogP contribution is 2.40. The Balaban J connectivity index is 1.77. The first kappa shape index (κ1) is 29.8. The van der Waals surface area contributed by atoms with E-state index in [9.17, 15) is 10.2 Å². The fourth-order valence-electron chi connectivity index (χ4n) is 4.00. The fraction of sp³-hybridized carbons (Fsp3) is 0.333. The predicted octanol–water partition coefficient (Wildman–Crippen LogP) is 6.99. The molecular formula is C33H40O6. The van der Waals surface area contributed by atoms with E-state index in [0.717, 1.165) is 28.7 Å². The lowest BCUT2D eigenvalue weighted by atomic mass is 10.0. The molecule has 6 nitrogen and oxygen atoms in total. The highest BCUT2D eigenvalue weighted by Gasteiger charge is 2.16. The van der Waals surface area contributed by atoms with E-state index in [-0.39, 0.29) is 25.4 Å². The topological polar surface area (TPSA) is 77.4 Å². The van der Waals surface area contributed by atoms with Crippen molar-refractivity contribution in [2.75, 3.05) is 14.2 Å². The molecule has 0 heterocycles. The van der Waals surface area contributed by atoms with Gasteiger partial charge in [-0.25, -0.2) is 0 Å². The van der Waals surface area contributed by atoms with Crippen molar-refractivity contribution >= 4 is 24.3 Å². The Hall–Kier alpha value is -3.74. The summed E-state index contributed by atoms with van der Waals surface area (Å²) in [6, 6.07) is 15.8. The lowest BCUT2D eigenvalue weighted by molar-refractivity contribution is 0.198. The van der Waals surface area contributed by atoms with Crippen LogP contribution in [0, 0.1) is 0 Å². The quantitative estimate of drug-likeness (QED) is 0.231. The normalized spacial score (nSPS) is 12.3. The van der Waals surface area contributed by atoms with Crippen molar-refractivity contribution < 1.29 is 29.2 Å². The monoisotopic (exact) mass is 532 g/mol. The van der Waals surface area contributed by atoms with Crippen molar-refractivity contribution in [2.45, 2.75) is 59.5 Å². The van der Waals surface area contributed by atoms with Crippen molar-refractivity contribution in [1.82, 2.24) is 0 Å². The zero-order valence-electron chi connectivity index (χ0n) is 23.7. The van der Waals surface area contributed by atoms with Gasteiger partial charge in [-0.2, -0.15) is 0 Å². The molecule has 3 aromatic carbocycles. The number of methoxy groups -OCH3 is 2. The summed E-state index contributed by atoms with van der Waals surface area (Å²) < 4.78 is 23.0. The molecule has 0 aliphatic heterocycles. The van der Waals surface area contributed by atoms with Gasteiger partial charge in [-0.1, -0.05) is 55.5 Å². The average Bonchev–Trinajstić information content (AvgIpc) is 2.95. The van der Waals surface area contributed by atoms with Crippen molar-refractivity contribution in [2.24, 2.45) is 0 Å². The van der Waals surface area contributed by atoms with Crippen molar-refractivity contribution in [3.8, 4) is 23.0 Å². The summed E-state index contributed by atoms with van der Waals surface area (Å²) in [6.07, 6.45) is 8.88. The number of aliphatic hydroxyl groups excluding tert-OH is 2. The van der Waals surface area contributed by atoms with E-state index in [1.807, 2.05) is 93.6 Å². The van der Waals surface area contributed by atoms with E-state index in [1.54, 1.807) is 14.2 Å². The Morgan fingerprint density at radius 2 is 1.08 bits per heavy atom. The van der Waals surface area contributed by atoms with Gasteiger partial charge in [-0.05, 0) is 73.7 Å². The number of ether oxygens (including phenoxy) is 4. The first-order valence-electron chi connectivity index (χ1n) is 13.2. The summed E-state index contributed by atoms with van der Waals surface area (Å²) in [5.74, 6) is 2.43. The first-order chi connectivity index (χ1) is 18.8. The van der Waals surface area contributed by atoms with Crippen LogP contribution in [0.3, 0.4) is 0 Å². The molecule has 39 heavy (non-hydrogen) atoms. The predicted molar refractivity (Wildman–Crippen MR) is 158 cm³/mol. The van der Waals surface area contributed by atoms with Crippen LogP contribution in [-0.4, -0.2) is 36.6 Å². The van der Waals surface area contributed by atoms with Gasteiger partial charge in [-0.3, -0.25) is 0 Å². The van der Waals surface area contributed by atoms with Crippen LogP contribution in [-0.2, 0) is 13.2 Å². The molecule has 0 saturated carbocycles. The smallest absolute Gasteiger partial charge is 0.203 e. The van der Waals surface area contributed by atoms with Crippen molar-refractivity contribution in [1.29, 1.82) is 0 Å². The minimum Gasteiger partial charge on any atom is -0.493 e. The molecule has 3 aromatic rings. The average molecular weight is 533 g/mol. The van der Waals surface area contributed by atoms with Crippen LogP contribution < -0.4 is 18.9 Å². The molecule has 6 heteroatoms. The highest BCUT2D eigenvalue weighted by atomic mass is 16.5. The molecule has 0 spiro atoms. The van der Waals surface area contributed by atoms with Gasteiger partial charge >= 0.3 is 0 Å². The van der Waals surface area contributed by atoms with E-state index < -0.39 is 0 Å². The maximum atomic E-state index is 9.83. The second-order valence-corrected chi connectivity index (χ2v) is 9.58. The van der Waals surface area contributed by atoms with Crippen molar-refractivity contribution in [3.05, 3.63) is 81.9 Å². The van der Waals surface area contributed by atoms with Gasteiger partial charge in [-0.15, -0.1) is 0 Å². The molecule has 208 valence electrons. The molecule has 1 atom stereocenters. The Kier molecular flexibility index (Phi) is 11.0. The summed E-state index contributed by atoms with van der Waals surface area (Å²) in [4.78, 5) is 0. The maximum Gasteiger partial charge on any atom is 0.203 e. The summed E-state index contributed by atoms with van der Waals surface area (Å²) in [5.41, 5.74) is 5.21. The molecule has 0 aliphatic carbocycles. The van der Waals surface area contributed by atoms with Crippen LogP contribution >= 0.6 is 0 Å². The van der Waals surface area contributed by atoms with E-state index in [4.69, 9.17) is 18.9 Å². The Morgan fingerprint density at radius 1 is 0.641 bits per heavy atom. The maximum absolute atomic E-state index is 9.83. The number of benzene rings is 3. The second-order valence-electron chi connectivity index (χ2n) is 9.58. The van der Waals surface area contributed by atoms with E-state index in [2.05, 4.69) is 6.92 Å². The number of hydrogen-bond acceptors (Lipinski definition) is 6. The Morgan fingerprint density at radius 3 is 1.46 bits per heavy atom. The molecule has 0 saturated heterocycles. The Bertz CT molecular complexity index is 1220. The van der Waals surface area contributed by atoms with Crippen LogP contribution in [0.15, 0.2) is 48.5 Å². The van der Waals surface area contributed by atoms with Gasteiger partial charge in [0.2, 0.25) is 5.75 Å². The summed E-state index contributed by atoms with van der Waals surface area (Å²) in [7, 11) is 3.25. The molecule has 3 rings (SSSR count). The molecule has 0 amide bonds. The third-order valence-electron chi connectivity index (χ3n) is 6.21. The van der Waals surface area contributed by atoms with Crippen LogP contribution in [0.5, 0.6) is 23.0 Å². The van der Waals surface area contributed by atoms with Crippen molar-refractivity contribution in [3.63, 3.8) is 0 Å². The van der Waals surface area contributed by atoms with Gasteiger partial charge in [0.25, 0.3) is 0 Å². The summed E-state index contributed by atoms with van der Waals surface area (Å²) in [5, 5.41) is 19.7. The molecular weight excluding hydrogens is 492 g/mol. The largest absolute Gasteiger partial charge is 0.493 e. The zero-order valence-corrected chi connectivity index (χ0v) is 23.7. The number of hydrogen-bond donors (Lipinski definition) is 2. The van der Waals surface area contributed by atoms with E-state index >= 15 is 0 Å². The van der Waals surface area contributed by atoms with E-state index in [0.29, 0.717) is 34.1 Å². The van der Waals surface area contributed by atoms with Gasteiger partial charge in [0.1, 0.15) is 5.75 Å². The van der Waals surface area contributed by atoms with Gasteiger partial charge in [0, 0.05) is 11.1 Å². The van der Waals surface area contributed by atoms with Crippen LogP contribution in [0.1, 0.15) is 67.5 Å². The Labute approximate surface area is 232 Å². The second kappa shape index (κ2) is 14.4. The molecule has 0 fully saturated rings. The molecule has 1 unspecified atom stereocenters. The van der Waals surface area contributed by atoms with Crippen LogP contribution in [0.25, 0.3) is 24.3 Å². The van der Waals surface area contributed by atoms with Crippen LogP contribution in [0.4, 0.5) is 0 Å². The van der Waals surface area contributed by atoms with Crippen LogP contribution in [0.2, 0.25) is 0 Å². The minimum absolute atomic E-state index is 0.0495. The molecule has 0 aromatic heterocycles. The fourth-order valence-corrected chi connectivity index (χ4v) is 4.00. The minimum atomic E-state index is -0.164. The number of rotatable bonds is 13. The van der Waals surface area contributed by atoms with Gasteiger partial charge < -0.3 is 29.2 Å². The van der Waals surface area contributed by atoms with E-state index in [1.165, 1.54) is 0 Å². The molecule has 2 N–H and O–H groups in total. The number of aliphatic hydroxyl groups is 2. The summed E-state index contributed by atoms with van der Waals surface area (Å²) >= 11 is 0. The first-order valence-corrected chi connectivity index (χ1v) is 13.2. The summed E-state index contributed by atoms with van der Waals surface area (Å²) in [6.45, 7) is 7.60. The van der Waals surface area contributed by atoms with Gasteiger partial charge in [0.05, 0.1) is 39.6 Å². The molecule has 0 radical (unpaired) electrons. The lowest BCUT2D eigenvalue weighted by Gasteiger charge is -2.18. The third-order valence-corrected chi connectivity index (χ3v) is 6.21. The lowest BCUT2D eigenvalue weighted by Crippen LogP contribution is -2.11. The standard InChI is InChI=1S/C33H40O6/c1-7-23(4)39-33-30(36-5)18-27(19-31(33)37-6)15-13-25-10-8-24(9-11-25)12-14-26-16-28(20-34)32(38-22(2)3)29(17-26)21-35/h8-19,22-23,34-35H,7,20-21H2,1-6H3.